The molecular formula is C8H14N2O2. The first-order valence-corrected chi connectivity index (χ1v) is 4.46. The van der Waals surface area contributed by atoms with Crippen LogP contribution in [-0.2, 0) is 9.63 Å². The van der Waals surface area contributed by atoms with Gasteiger partial charge in [0.1, 0.15) is 0 Å². The number of nitrogens with two attached hydrogens (primary N) is 1. The van der Waals surface area contributed by atoms with Gasteiger partial charge in [-0.1, -0.05) is 0 Å². The van der Waals surface area contributed by atoms with Crippen LogP contribution in [-0.4, -0.2) is 29.7 Å². The van der Waals surface area contributed by atoms with Gasteiger partial charge >= 0.3 is 0 Å². The summed E-state index contributed by atoms with van der Waals surface area (Å²) in [5.74, 6) is -0.0257. The molecule has 1 amide bonds. The van der Waals surface area contributed by atoms with E-state index in [0.717, 1.165) is 25.7 Å². The van der Waals surface area contributed by atoms with Gasteiger partial charge in [0.15, 0.2) is 0 Å². The second-order valence-electron chi connectivity index (χ2n) is 3.60. The molecule has 1 aliphatic heterocycles. The minimum absolute atomic E-state index is 0.0257. The molecule has 0 bridgehead atoms. The van der Waals surface area contributed by atoms with E-state index in [2.05, 4.69) is 0 Å². The van der Waals surface area contributed by atoms with Crippen molar-refractivity contribution in [3.05, 3.63) is 0 Å². The van der Waals surface area contributed by atoms with Crippen LogP contribution in [0.1, 0.15) is 25.7 Å². The molecule has 12 heavy (non-hydrogen) atoms. The Hall–Kier alpha value is -0.610. The maximum absolute atomic E-state index is 11.6. The molecule has 2 aliphatic rings. The Morgan fingerprint density at radius 1 is 1.42 bits per heavy atom. The van der Waals surface area contributed by atoms with Crippen LogP contribution < -0.4 is 5.73 Å². The molecule has 0 aromatic rings. The lowest BCUT2D eigenvalue weighted by molar-refractivity contribution is -0.199. The fraction of sp³-hybridized carbons (Fsp3) is 0.875. The third kappa shape index (κ3) is 1.32. The van der Waals surface area contributed by atoms with E-state index in [1.807, 2.05) is 0 Å². The fourth-order valence-electron chi connectivity index (χ4n) is 1.35. The molecule has 0 atom stereocenters. The lowest BCUT2D eigenvalue weighted by atomic mass is 10.2. The van der Waals surface area contributed by atoms with Gasteiger partial charge in [0.25, 0.3) is 5.91 Å². The van der Waals surface area contributed by atoms with Crippen molar-refractivity contribution in [1.29, 1.82) is 0 Å². The predicted octanol–water partition coefficient (Wildman–Crippen LogP) is 0.0317. The third-order valence-electron chi connectivity index (χ3n) is 2.44. The standard InChI is InChI=1S/C8H14N2O2/c9-8(3-4-8)7(11)10-5-1-2-6-12-10/h1-6,9H2. The molecule has 1 aliphatic carbocycles. The summed E-state index contributed by atoms with van der Waals surface area (Å²) >= 11 is 0. The van der Waals surface area contributed by atoms with Crippen LogP contribution in [0.3, 0.4) is 0 Å². The Morgan fingerprint density at radius 2 is 2.17 bits per heavy atom. The third-order valence-corrected chi connectivity index (χ3v) is 2.44. The Bertz CT molecular complexity index is 195. The van der Waals surface area contributed by atoms with Gasteiger partial charge < -0.3 is 5.73 Å². The van der Waals surface area contributed by atoms with Crippen LogP contribution >= 0.6 is 0 Å². The average molecular weight is 170 g/mol. The van der Waals surface area contributed by atoms with Crippen LogP contribution in [0.5, 0.6) is 0 Å². The van der Waals surface area contributed by atoms with E-state index in [-0.39, 0.29) is 5.91 Å². The summed E-state index contributed by atoms with van der Waals surface area (Å²) < 4.78 is 0. The topological polar surface area (TPSA) is 55.6 Å². The van der Waals surface area contributed by atoms with Crippen molar-refractivity contribution in [3.8, 4) is 0 Å². The molecule has 0 aromatic carbocycles. The molecular weight excluding hydrogens is 156 g/mol. The molecule has 0 radical (unpaired) electrons. The van der Waals surface area contributed by atoms with Crippen molar-refractivity contribution in [2.24, 2.45) is 5.73 Å². The molecule has 2 rings (SSSR count). The van der Waals surface area contributed by atoms with Crippen LogP contribution in [0, 0.1) is 0 Å². The molecule has 1 saturated heterocycles. The zero-order valence-electron chi connectivity index (χ0n) is 7.08. The van der Waals surface area contributed by atoms with E-state index in [1.54, 1.807) is 0 Å². The SMILES string of the molecule is NC1(C(=O)N2CCCCO2)CC1. The maximum Gasteiger partial charge on any atom is 0.266 e. The van der Waals surface area contributed by atoms with Gasteiger partial charge in [-0.3, -0.25) is 9.63 Å². The summed E-state index contributed by atoms with van der Waals surface area (Å²) in [5, 5.41) is 1.44. The van der Waals surface area contributed by atoms with Gasteiger partial charge in [0.2, 0.25) is 0 Å². The number of carbonyl (C=O) groups is 1. The Morgan fingerprint density at radius 3 is 2.67 bits per heavy atom. The van der Waals surface area contributed by atoms with Gasteiger partial charge in [0.05, 0.1) is 12.1 Å². The largest absolute Gasteiger partial charge is 0.317 e. The molecule has 1 saturated carbocycles. The van der Waals surface area contributed by atoms with Crippen LogP contribution in [0.15, 0.2) is 0 Å². The van der Waals surface area contributed by atoms with E-state index in [0.29, 0.717) is 13.2 Å². The van der Waals surface area contributed by atoms with Gasteiger partial charge in [-0.2, -0.15) is 0 Å². The smallest absolute Gasteiger partial charge is 0.266 e. The number of hydrogen-bond acceptors (Lipinski definition) is 3. The number of amides is 1. The Balaban J connectivity index is 1.94. The number of nitrogens with zero attached hydrogens (tertiary/aromatic N) is 1. The van der Waals surface area contributed by atoms with Crippen LogP contribution in [0.4, 0.5) is 0 Å². The summed E-state index contributed by atoms with van der Waals surface area (Å²) in [6.45, 7) is 1.36. The first-order valence-electron chi connectivity index (χ1n) is 4.46. The van der Waals surface area contributed by atoms with E-state index >= 15 is 0 Å². The summed E-state index contributed by atoms with van der Waals surface area (Å²) in [4.78, 5) is 16.8. The molecule has 4 heteroatoms. The predicted molar refractivity (Wildman–Crippen MR) is 43.1 cm³/mol. The zero-order chi connectivity index (χ0) is 8.60. The molecule has 2 N–H and O–H groups in total. The molecule has 4 nitrogen and oxygen atoms in total. The second-order valence-corrected chi connectivity index (χ2v) is 3.60. The second kappa shape index (κ2) is 2.71. The molecule has 2 fully saturated rings. The molecule has 1 heterocycles. The van der Waals surface area contributed by atoms with Gasteiger partial charge in [-0.05, 0) is 25.7 Å². The maximum atomic E-state index is 11.6. The highest BCUT2D eigenvalue weighted by molar-refractivity contribution is 5.88. The summed E-state index contributed by atoms with van der Waals surface area (Å²) in [7, 11) is 0. The Kier molecular flexibility index (Phi) is 1.81. The fourth-order valence-corrected chi connectivity index (χ4v) is 1.35. The van der Waals surface area contributed by atoms with Crippen LogP contribution in [0.25, 0.3) is 0 Å². The zero-order valence-corrected chi connectivity index (χ0v) is 7.08. The Labute approximate surface area is 71.6 Å². The minimum atomic E-state index is -0.572. The average Bonchev–Trinajstić information content (AvgIpc) is 2.85. The number of rotatable bonds is 1. The van der Waals surface area contributed by atoms with E-state index in [4.69, 9.17) is 10.6 Å². The van der Waals surface area contributed by atoms with Crippen molar-refractivity contribution in [1.82, 2.24) is 5.06 Å². The summed E-state index contributed by atoms with van der Waals surface area (Å²) in [5.41, 5.74) is 5.18. The highest BCUT2D eigenvalue weighted by Crippen LogP contribution is 2.34. The first kappa shape index (κ1) is 8.01. The van der Waals surface area contributed by atoms with Crippen LogP contribution in [0.2, 0.25) is 0 Å². The summed E-state index contributed by atoms with van der Waals surface area (Å²) in [6, 6.07) is 0. The molecule has 0 aromatic heterocycles. The molecule has 0 unspecified atom stereocenters. The van der Waals surface area contributed by atoms with Crippen molar-refractivity contribution < 1.29 is 9.63 Å². The lowest BCUT2D eigenvalue weighted by Gasteiger charge is -2.27. The molecule has 68 valence electrons. The van der Waals surface area contributed by atoms with Gasteiger partial charge in [0, 0.05) is 6.54 Å². The highest BCUT2D eigenvalue weighted by Gasteiger charge is 2.48. The van der Waals surface area contributed by atoms with E-state index < -0.39 is 5.54 Å². The van der Waals surface area contributed by atoms with Crippen molar-refractivity contribution in [3.63, 3.8) is 0 Å². The van der Waals surface area contributed by atoms with E-state index in [9.17, 15) is 4.79 Å². The van der Waals surface area contributed by atoms with Gasteiger partial charge in [-0.25, -0.2) is 5.06 Å². The first-order chi connectivity index (χ1) is 5.72. The number of hydroxylamine groups is 2. The lowest BCUT2D eigenvalue weighted by Crippen LogP contribution is -2.47. The normalized spacial score (nSPS) is 26.9. The summed E-state index contributed by atoms with van der Waals surface area (Å²) in [6.07, 6.45) is 3.69. The van der Waals surface area contributed by atoms with Crippen molar-refractivity contribution in [2.75, 3.05) is 13.2 Å². The number of hydrogen-bond donors (Lipinski definition) is 1. The monoisotopic (exact) mass is 170 g/mol. The van der Waals surface area contributed by atoms with Crippen molar-refractivity contribution in [2.45, 2.75) is 31.2 Å². The van der Waals surface area contributed by atoms with E-state index in [1.165, 1.54) is 5.06 Å². The quantitative estimate of drug-likeness (QED) is 0.604. The highest BCUT2D eigenvalue weighted by atomic mass is 16.7. The van der Waals surface area contributed by atoms with Gasteiger partial charge in [-0.15, -0.1) is 0 Å². The van der Waals surface area contributed by atoms with Crippen molar-refractivity contribution >= 4 is 5.91 Å². The number of carbonyl (C=O) groups excluding carboxylic acids is 1. The molecule has 0 spiro atoms. The minimum Gasteiger partial charge on any atom is -0.317 e.